The third-order valence-electron chi connectivity index (χ3n) is 2.46. The molecule has 2 rings (SSSR count). The Bertz CT molecular complexity index is 656. The van der Waals surface area contributed by atoms with E-state index in [1.165, 1.54) is 24.0 Å². The molecule has 7 nitrogen and oxygen atoms in total. The number of amides is 1. The number of anilines is 1. The molecule has 110 valence electrons. The zero-order chi connectivity index (χ0) is 15.2. The van der Waals surface area contributed by atoms with Gasteiger partial charge in [-0.15, -0.1) is 11.8 Å². The summed E-state index contributed by atoms with van der Waals surface area (Å²) >= 11 is 1.22. The first-order valence-corrected chi connectivity index (χ1v) is 7.09. The van der Waals surface area contributed by atoms with Crippen LogP contribution in [0.1, 0.15) is 22.5 Å². The predicted molar refractivity (Wildman–Crippen MR) is 76.4 cm³/mol. The second-order valence-corrected chi connectivity index (χ2v) is 5.21. The molecule has 0 aliphatic carbocycles. The summed E-state index contributed by atoms with van der Waals surface area (Å²) in [4.78, 5) is 26.7. The van der Waals surface area contributed by atoms with E-state index in [-0.39, 0.29) is 17.9 Å². The van der Waals surface area contributed by atoms with E-state index in [1.807, 2.05) is 0 Å². The second-order valence-electron chi connectivity index (χ2n) is 4.13. The van der Waals surface area contributed by atoms with Crippen LogP contribution < -0.4 is 5.32 Å². The normalized spacial score (nSPS) is 10.3. The highest BCUT2D eigenvalue weighted by molar-refractivity contribution is 7.99. The SMILES string of the molecule is Cc1cc(NC(=O)CCSc2ncccc2C(=O)O)no1. The molecule has 2 aromatic rings. The molecule has 0 aliphatic heterocycles. The number of aromatic nitrogens is 2. The van der Waals surface area contributed by atoms with E-state index >= 15 is 0 Å². The Labute approximate surface area is 124 Å². The van der Waals surface area contributed by atoms with Gasteiger partial charge in [0.1, 0.15) is 10.8 Å². The van der Waals surface area contributed by atoms with Gasteiger partial charge in [-0.1, -0.05) is 5.16 Å². The molecule has 2 heterocycles. The average molecular weight is 307 g/mol. The van der Waals surface area contributed by atoms with Crippen LogP contribution >= 0.6 is 11.8 Å². The van der Waals surface area contributed by atoms with E-state index in [1.54, 1.807) is 19.1 Å². The van der Waals surface area contributed by atoms with Gasteiger partial charge in [-0.25, -0.2) is 9.78 Å². The van der Waals surface area contributed by atoms with Crippen molar-refractivity contribution in [2.45, 2.75) is 18.4 Å². The number of nitrogens with one attached hydrogen (secondary N) is 1. The van der Waals surface area contributed by atoms with Gasteiger partial charge in [0.25, 0.3) is 0 Å². The lowest BCUT2D eigenvalue weighted by atomic mass is 10.3. The molecular formula is C13H13N3O4S. The van der Waals surface area contributed by atoms with Crippen LogP contribution in [0.4, 0.5) is 5.82 Å². The van der Waals surface area contributed by atoms with Crippen LogP contribution in [0, 0.1) is 6.92 Å². The van der Waals surface area contributed by atoms with E-state index < -0.39 is 5.97 Å². The first kappa shape index (κ1) is 15.0. The number of carbonyl (C=O) groups is 2. The van der Waals surface area contributed by atoms with Crippen LogP contribution in [0.3, 0.4) is 0 Å². The molecule has 2 aromatic heterocycles. The highest BCUT2D eigenvalue weighted by Crippen LogP contribution is 2.20. The summed E-state index contributed by atoms with van der Waals surface area (Å²) in [7, 11) is 0. The van der Waals surface area contributed by atoms with Crippen molar-refractivity contribution in [3.05, 3.63) is 35.7 Å². The number of hydrogen-bond acceptors (Lipinski definition) is 6. The molecule has 0 atom stereocenters. The maximum atomic E-state index is 11.7. The van der Waals surface area contributed by atoms with Gasteiger partial charge in [0.15, 0.2) is 5.82 Å². The molecule has 21 heavy (non-hydrogen) atoms. The summed E-state index contributed by atoms with van der Waals surface area (Å²) in [5, 5.41) is 15.7. The van der Waals surface area contributed by atoms with Crippen LogP contribution in [-0.4, -0.2) is 32.9 Å². The minimum Gasteiger partial charge on any atom is -0.478 e. The summed E-state index contributed by atoms with van der Waals surface area (Å²) in [6, 6.07) is 4.66. The fourth-order valence-corrected chi connectivity index (χ4v) is 2.47. The van der Waals surface area contributed by atoms with Gasteiger partial charge < -0.3 is 14.9 Å². The number of carbonyl (C=O) groups excluding carboxylic acids is 1. The Kier molecular flexibility index (Phi) is 4.94. The highest BCUT2D eigenvalue weighted by Gasteiger charge is 2.12. The van der Waals surface area contributed by atoms with Gasteiger partial charge in [-0.2, -0.15) is 0 Å². The van der Waals surface area contributed by atoms with Crippen molar-refractivity contribution in [3.63, 3.8) is 0 Å². The Morgan fingerprint density at radius 3 is 2.95 bits per heavy atom. The van der Waals surface area contributed by atoms with E-state index in [0.717, 1.165) is 0 Å². The smallest absolute Gasteiger partial charge is 0.338 e. The van der Waals surface area contributed by atoms with Gasteiger partial charge in [-0.05, 0) is 19.1 Å². The van der Waals surface area contributed by atoms with Crippen molar-refractivity contribution >= 4 is 29.5 Å². The van der Waals surface area contributed by atoms with E-state index in [0.29, 0.717) is 22.4 Å². The summed E-state index contributed by atoms with van der Waals surface area (Å²) in [5.74, 6) is 0.141. The fraction of sp³-hybridized carbons (Fsp3) is 0.231. The van der Waals surface area contributed by atoms with Crippen molar-refractivity contribution in [1.29, 1.82) is 0 Å². The van der Waals surface area contributed by atoms with Crippen molar-refractivity contribution < 1.29 is 19.2 Å². The molecule has 0 aliphatic rings. The monoisotopic (exact) mass is 307 g/mol. The predicted octanol–water partition coefficient (Wildman–Crippen LogP) is 2.20. The first-order chi connectivity index (χ1) is 10.1. The molecule has 0 aromatic carbocycles. The van der Waals surface area contributed by atoms with E-state index in [2.05, 4.69) is 15.5 Å². The van der Waals surface area contributed by atoms with Crippen molar-refractivity contribution in [2.75, 3.05) is 11.1 Å². The van der Waals surface area contributed by atoms with Crippen LogP contribution in [0.2, 0.25) is 0 Å². The number of carboxylic acid groups (broad SMARTS) is 1. The molecule has 0 bridgehead atoms. The average Bonchev–Trinajstić information content (AvgIpc) is 2.84. The molecule has 2 N–H and O–H groups in total. The molecule has 8 heteroatoms. The van der Waals surface area contributed by atoms with Gasteiger partial charge in [0.05, 0.1) is 5.56 Å². The number of thioether (sulfide) groups is 1. The standard InChI is InChI=1S/C13H13N3O4S/c1-8-7-10(16-20-8)15-11(17)4-6-21-12-9(13(18)19)3-2-5-14-12/h2-3,5,7H,4,6H2,1H3,(H,18,19)(H,15,16,17). The number of aromatic carboxylic acids is 1. The quantitative estimate of drug-likeness (QED) is 0.788. The molecule has 1 amide bonds. The van der Waals surface area contributed by atoms with Crippen LogP contribution in [0.5, 0.6) is 0 Å². The minimum atomic E-state index is -1.03. The maximum Gasteiger partial charge on any atom is 0.338 e. The Balaban J connectivity index is 1.84. The van der Waals surface area contributed by atoms with Gasteiger partial charge in [0, 0.05) is 24.4 Å². The minimum absolute atomic E-state index is 0.134. The zero-order valence-corrected chi connectivity index (χ0v) is 12.0. The van der Waals surface area contributed by atoms with Crippen molar-refractivity contribution in [3.8, 4) is 0 Å². The van der Waals surface area contributed by atoms with Gasteiger partial charge in [0.2, 0.25) is 5.91 Å². The number of pyridine rings is 1. The summed E-state index contributed by atoms with van der Waals surface area (Å²) in [6.45, 7) is 1.73. The van der Waals surface area contributed by atoms with Crippen LogP contribution in [-0.2, 0) is 4.79 Å². The first-order valence-electron chi connectivity index (χ1n) is 6.10. The number of aryl methyl sites for hydroxylation is 1. The van der Waals surface area contributed by atoms with Crippen LogP contribution in [0.25, 0.3) is 0 Å². The lowest BCUT2D eigenvalue weighted by Crippen LogP contribution is -2.12. The molecular weight excluding hydrogens is 294 g/mol. The Hall–Kier alpha value is -2.35. The van der Waals surface area contributed by atoms with Gasteiger partial charge >= 0.3 is 5.97 Å². The summed E-state index contributed by atoms with van der Waals surface area (Å²) < 4.78 is 4.84. The van der Waals surface area contributed by atoms with E-state index in [9.17, 15) is 9.59 Å². The van der Waals surface area contributed by atoms with E-state index in [4.69, 9.17) is 9.63 Å². The topological polar surface area (TPSA) is 105 Å². The number of rotatable bonds is 6. The third kappa shape index (κ3) is 4.32. The lowest BCUT2D eigenvalue weighted by molar-refractivity contribution is -0.115. The Morgan fingerprint density at radius 2 is 2.29 bits per heavy atom. The lowest BCUT2D eigenvalue weighted by Gasteiger charge is -2.04. The summed E-state index contributed by atoms with van der Waals surface area (Å²) in [5.41, 5.74) is 0.134. The zero-order valence-electron chi connectivity index (χ0n) is 11.2. The Morgan fingerprint density at radius 1 is 1.48 bits per heavy atom. The number of hydrogen-bond donors (Lipinski definition) is 2. The van der Waals surface area contributed by atoms with Crippen LogP contribution in [0.15, 0.2) is 33.9 Å². The van der Waals surface area contributed by atoms with Crippen molar-refractivity contribution in [2.24, 2.45) is 0 Å². The highest BCUT2D eigenvalue weighted by atomic mass is 32.2. The molecule has 0 saturated carbocycles. The molecule has 0 saturated heterocycles. The van der Waals surface area contributed by atoms with Crippen molar-refractivity contribution in [1.82, 2.24) is 10.1 Å². The fourth-order valence-electron chi connectivity index (χ4n) is 1.54. The summed E-state index contributed by atoms with van der Waals surface area (Å²) in [6.07, 6.45) is 1.74. The molecule has 0 unspecified atom stereocenters. The number of nitrogens with zero attached hydrogens (tertiary/aromatic N) is 2. The third-order valence-corrected chi connectivity index (χ3v) is 3.47. The molecule has 0 fully saturated rings. The second kappa shape index (κ2) is 6.89. The maximum absolute atomic E-state index is 11.7. The van der Waals surface area contributed by atoms with Gasteiger partial charge in [-0.3, -0.25) is 4.79 Å². The molecule has 0 spiro atoms. The largest absolute Gasteiger partial charge is 0.478 e. The number of carboxylic acids is 1. The molecule has 0 radical (unpaired) electrons.